The van der Waals surface area contributed by atoms with Crippen molar-refractivity contribution < 1.29 is 0 Å². The Bertz CT molecular complexity index is 240. The van der Waals surface area contributed by atoms with Crippen molar-refractivity contribution in [1.82, 2.24) is 10.2 Å². The van der Waals surface area contributed by atoms with Crippen LogP contribution in [0, 0.1) is 5.41 Å². The fraction of sp³-hybridized carbons (Fsp3) is 1.00. The van der Waals surface area contributed by atoms with E-state index in [0.717, 1.165) is 6.04 Å². The number of nitrogens with one attached hydrogen (secondary N) is 1. The van der Waals surface area contributed by atoms with Crippen LogP contribution in [0.15, 0.2) is 0 Å². The van der Waals surface area contributed by atoms with Crippen molar-refractivity contribution >= 4 is 0 Å². The molecule has 1 fully saturated rings. The molecule has 1 saturated carbocycles. The van der Waals surface area contributed by atoms with Crippen LogP contribution in [0.2, 0.25) is 0 Å². The summed E-state index contributed by atoms with van der Waals surface area (Å²) in [6, 6.07) is 1.54. The molecule has 0 radical (unpaired) electrons. The Labute approximate surface area is 127 Å². The van der Waals surface area contributed by atoms with Gasteiger partial charge in [-0.1, -0.05) is 27.2 Å². The molecule has 0 spiro atoms. The monoisotopic (exact) mass is 282 g/mol. The summed E-state index contributed by atoms with van der Waals surface area (Å²) in [6.07, 6.45) is 10.9. The highest BCUT2D eigenvalue weighted by Gasteiger charge is 2.28. The van der Waals surface area contributed by atoms with Gasteiger partial charge in [0, 0.05) is 12.1 Å². The number of hydrogen-bond donors (Lipinski definition) is 1. The van der Waals surface area contributed by atoms with Crippen molar-refractivity contribution in [3.05, 3.63) is 0 Å². The Morgan fingerprint density at radius 3 is 2.45 bits per heavy atom. The minimum atomic E-state index is 0.595. The maximum absolute atomic E-state index is 3.58. The molecule has 2 nitrogen and oxygen atoms in total. The van der Waals surface area contributed by atoms with E-state index in [-0.39, 0.29) is 0 Å². The second-order valence-corrected chi connectivity index (χ2v) is 7.73. The van der Waals surface area contributed by atoms with Crippen LogP contribution in [0.3, 0.4) is 0 Å². The highest BCUT2D eigenvalue weighted by molar-refractivity contribution is 4.82. The fourth-order valence-electron chi connectivity index (χ4n) is 3.31. The summed E-state index contributed by atoms with van der Waals surface area (Å²) < 4.78 is 0. The van der Waals surface area contributed by atoms with Gasteiger partial charge in [0.05, 0.1) is 0 Å². The van der Waals surface area contributed by atoms with Crippen molar-refractivity contribution in [3.8, 4) is 0 Å². The first kappa shape index (κ1) is 18.0. The smallest absolute Gasteiger partial charge is 0.00926 e. The summed E-state index contributed by atoms with van der Waals surface area (Å²) in [6.45, 7) is 11.9. The van der Waals surface area contributed by atoms with E-state index in [2.05, 4.69) is 45.0 Å². The minimum Gasteiger partial charge on any atom is -0.314 e. The van der Waals surface area contributed by atoms with Crippen LogP contribution < -0.4 is 5.32 Å². The molecule has 2 heteroatoms. The Morgan fingerprint density at radius 2 is 1.85 bits per heavy atom. The van der Waals surface area contributed by atoms with E-state index in [4.69, 9.17) is 0 Å². The lowest BCUT2D eigenvalue weighted by Gasteiger charge is -2.38. The van der Waals surface area contributed by atoms with Crippen LogP contribution in [0.25, 0.3) is 0 Å². The van der Waals surface area contributed by atoms with Crippen LogP contribution in [0.5, 0.6) is 0 Å². The summed E-state index contributed by atoms with van der Waals surface area (Å²) in [7, 11) is 2.34. The molecule has 1 atom stereocenters. The molecule has 1 unspecified atom stereocenters. The molecular weight excluding hydrogens is 244 g/mol. The predicted molar refractivity (Wildman–Crippen MR) is 90.3 cm³/mol. The molecule has 0 saturated heterocycles. The zero-order valence-corrected chi connectivity index (χ0v) is 14.7. The van der Waals surface area contributed by atoms with Crippen LogP contribution >= 0.6 is 0 Å². The number of nitrogens with zero attached hydrogens (tertiary/aromatic N) is 1. The SMILES string of the molecule is CCCNC(C)CCCCN(C)C1CCC(C)(C)CC1. The summed E-state index contributed by atoms with van der Waals surface area (Å²) in [4.78, 5) is 2.62. The van der Waals surface area contributed by atoms with Gasteiger partial charge in [0.2, 0.25) is 0 Å². The zero-order chi connectivity index (χ0) is 15.0. The first-order valence-corrected chi connectivity index (χ1v) is 8.88. The molecule has 1 aliphatic carbocycles. The van der Waals surface area contributed by atoms with Gasteiger partial charge in [-0.2, -0.15) is 0 Å². The Hall–Kier alpha value is -0.0800. The maximum Gasteiger partial charge on any atom is 0.00926 e. The zero-order valence-electron chi connectivity index (χ0n) is 14.7. The third-order valence-corrected chi connectivity index (χ3v) is 5.07. The molecule has 1 N–H and O–H groups in total. The molecule has 1 rings (SSSR count). The topological polar surface area (TPSA) is 15.3 Å². The molecule has 0 aromatic heterocycles. The van der Waals surface area contributed by atoms with E-state index >= 15 is 0 Å². The van der Waals surface area contributed by atoms with E-state index in [1.807, 2.05) is 0 Å². The van der Waals surface area contributed by atoms with E-state index in [0.29, 0.717) is 11.5 Å². The van der Waals surface area contributed by atoms with Gasteiger partial charge in [-0.05, 0) is 77.4 Å². The second kappa shape index (κ2) is 9.04. The van der Waals surface area contributed by atoms with Crippen molar-refractivity contribution in [2.75, 3.05) is 20.1 Å². The Morgan fingerprint density at radius 1 is 1.20 bits per heavy atom. The summed E-state index contributed by atoms with van der Waals surface area (Å²) in [5, 5.41) is 3.58. The van der Waals surface area contributed by atoms with Gasteiger partial charge < -0.3 is 10.2 Å². The quantitative estimate of drug-likeness (QED) is 0.629. The van der Waals surface area contributed by atoms with Crippen LogP contribution in [-0.4, -0.2) is 37.1 Å². The van der Waals surface area contributed by atoms with Gasteiger partial charge in [0.15, 0.2) is 0 Å². The van der Waals surface area contributed by atoms with Crippen LogP contribution in [0.4, 0.5) is 0 Å². The van der Waals surface area contributed by atoms with Gasteiger partial charge in [-0.3, -0.25) is 0 Å². The van der Waals surface area contributed by atoms with E-state index in [1.54, 1.807) is 0 Å². The largest absolute Gasteiger partial charge is 0.314 e. The van der Waals surface area contributed by atoms with Crippen LogP contribution in [0.1, 0.15) is 79.1 Å². The Balaban J connectivity index is 2.07. The lowest BCUT2D eigenvalue weighted by atomic mass is 9.75. The van der Waals surface area contributed by atoms with Crippen molar-refractivity contribution in [2.45, 2.75) is 91.1 Å². The fourth-order valence-corrected chi connectivity index (χ4v) is 3.31. The summed E-state index contributed by atoms with van der Waals surface area (Å²) >= 11 is 0. The first-order chi connectivity index (χ1) is 9.44. The average Bonchev–Trinajstić information content (AvgIpc) is 2.41. The van der Waals surface area contributed by atoms with E-state index in [1.165, 1.54) is 64.5 Å². The molecule has 1 aliphatic rings. The lowest BCUT2D eigenvalue weighted by Crippen LogP contribution is -2.37. The molecule has 20 heavy (non-hydrogen) atoms. The molecule has 0 bridgehead atoms. The standard InChI is InChI=1S/C18H38N2/c1-6-14-19-16(2)9-7-8-15-20(5)17-10-12-18(3,4)13-11-17/h16-17,19H,6-15H2,1-5H3. The highest BCUT2D eigenvalue weighted by atomic mass is 15.1. The van der Waals surface area contributed by atoms with Gasteiger partial charge in [0.1, 0.15) is 0 Å². The minimum absolute atomic E-state index is 0.595. The molecule has 0 heterocycles. The molecule has 0 amide bonds. The molecule has 0 aromatic carbocycles. The third-order valence-electron chi connectivity index (χ3n) is 5.07. The van der Waals surface area contributed by atoms with Gasteiger partial charge in [0.25, 0.3) is 0 Å². The van der Waals surface area contributed by atoms with Gasteiger partial charge in [-0.15, -0.1) is 0 Å². The van der Waals surface area contributed by atoms with Gasteiger partial charge in [-0.25, -0.2) is 0 Å². The lowest BCUT2D eigenvalue weighted by molar-refractivity contribution is 0.126. The maximum atomic E-state index is 3.58. The van der Waals surface area contributed by atoms with Gasteiger partial charge >= 0.3 is 0 Å². The van der Waals surface area contributed by atoms with Crippen LogP contribution in [-0.2, 0) is 0 Å². The van der Waals surface area contributed by atoms with Crippen molar-refractivity contribution in [3.63, 3.8) is 0 Å². The summed E-state index contributed by atoms with van der Waals surface area (Å²) in [5.74, 6) is 0. The first-order valence-electron chi connectivity index (χ1n) is 8.88. The van der Waals surface area contributed by atoms with Crippen molar-refractivity contribution in [1.29, 1.82) is 0 Å². The highest BCUT2D eigenvalue weighted by Crippen LogP contribution is 2.36. The Kier molecular flexibility index (Phi) is 8.13. The van der Waals surface area contributed by atoms with Crippen molar-refractivity contribution in [2.24, 2.45) is 5.41 Å². The van der Waals surface area contributed by atoms with E-state index < -0.39 is 0 Å². The third kappa shape index (κ3) is 7.08. The predicted octanol–water partition coefficient (Wildman–Crippen LogP) is 4.45. The average molecular weight is 283 g/mol. The molecular formula is C18H38N2. The number of hydrogen-bond acceptors (Lipinski definition) is 2. The molecule has 120 valence electrons. The molecule has 0 aliphatic heterocycles. The molecule has 0 aromatic rings. The second-order valence-electron chi connectivity index (χ2n) is 7.73. The number of rotatable bonds is 9. The summed E-state index contributed by atoms with van der Waals surface area (Å²) in [5.41, 5.74) is 0.595. The normalized spacial score (nSPS) is 21.3. The van der Waals surface area contributed by atoms with E-state index in [9.17, 15) is 0 Å². The number of unbranched alkanes of at least 4 members (excludes halogenated alkanes) is 1.